The topological polar surface area (TPSA) is 89.5 Å². The van der Waals surface area contributed by atoms with Crippen molar-refractivity contribution in [2.75, 3.05) is 26.4 Å². The van der Waals surface area contributed by atoms with Crippen molar-refractivity contribution in [2.45, 2.75) is 12.8 Å². The third-order valence-corrected chi connectivity index (χ3v) is 3.22. The van der Waals surface area contributed by atoms with Crippen LogP contribution in [0.15, 0.2) is 60.7 Å². The average Bonchev–Trinajstić information content (AvgIpc) is 2.73. The van der Waals surface area contributed by atoms with Gasteiger partial charge in [-0.05, 0) is 24.3 Å². The first kappa shape index (κ1) is 20.9. The van der Waals surface area contributed by atoms with Crippen LogP contribution in [0.25, 0.3) is 0 Å². The van der Waals surface area contributed by atoms with E-state index in [1.165, 1.54) is 0 Å². The third kappa shape index (κ3) is 9.33. The molecule has 0 aliphatic rings. The van der Waals surface area contributed by atoms with E-state index in [0.717, 1.165) is 11.5 Å². The molecule has 28 heavy (non-hydrogen) atoms. The fraction of sp³-hybridized carbons (Fsp3) is 0.300. The molecule has 150 valence electrons. The van der Waals surface area contributed by atoms with Crippen molar-refractivity contribution in [1.29, 1.82) is 0 Å². The summed E-state index contributed by atoms with van der Waals surface area (Å²) in [6.07, 6.45) is -1.36. The summed E-state index contributed by atoms with van der Waals surface area (Å²) >= 11 is 0. The van der Waals surface area contributed by atoms with Crippen molar-refractivity contribution in [1.82, 2.24) is 0 Å². The molecule has 0 aliphatic carbocycles. The predicted molar refractivity (Wildman–Crippen MR) is 98.0 cm³/mol. The van der Waals surface area contributed by atoms with Crippen LogP contribution < -0.4 is 9.47 Å². The van der Waals surface area contributed by atoms with Crippen molar-refractivity contribution in [3.05, 3.63) is 60.7 Å². The van der Waals surface area contributed by atoms with E-state index in [-0.39, 0.29) is 13.2 Å². The fourth-order valence-electron chi connectivity index (χ4n) is 1.96. The maximum Gasteiger partial charge on any atom is 0.549 e. The van der Waals surface area contributed by atoms with E-state index >= 15 is 0 Å². The van der Waals surface area contributed by atoms with Crippen LogP contribution in [-0.4, -0.2) is 38.7 Å². The van der Waals surface area contributed by atoms with E-state index in [2.05, 4.69) is 9.78 Å². The smallest absolute Gasteiger partial charge is 0.493 e. The minimum atomic E-state index is -1.14. The molecule has 0 bridgehead atoms. The zero-order valence-electron chi connectivity index (χ0n) is 15.3. The van der Waals surface area contributed by atoms with Gasteiger partial charge in [-0.2, -0.15) is 19.4 Å². The minimum Gasteiger partial charge on any atom is -0.493 e. The number of ether oxygens (including phenoxy) is 4. The van der Waals surface area contributed by atoms with Gasteiger partial charge in [0.1, 0.15) is 11.5 Å². The molecule has 0 N–H and O–H groups in total. The molecule has 0 atom stereocenters. The van der Waals surface area contributed by atoms with Gasteiger partial charge in [-0.1, -0.05) is 36.4 Å². The Morgan fingerprint density at radius 2 is 0.964 bits per heavy atom. The Balaban J connectivity index is 1.42. The van der Waals surface area contributed by atoms with Crippen LogP contribution in [0.5, 0.6) is 11.5 Å². The highest BCUT2D eigenvalue weighted by molar-refractivity contribution is 5.63. The summed E-state index contributed by atoms with van der Waals surface area (Å²) < 4.78 is 20.3. The molecule has 0 saturated heterocycles. The van der Waals surface area contributed by atoms with Crippen molar-refractivity contribution in [3.63, 3.8) is 0 Å². The van der Waals surface area contributed by atoms with Gasteiger partial charge in [-0.3, -0.25) is 0 Å². The second-order valence-electron chi connectivity index (χ2n) is 5.39. The Hall–Kier alpha value is -3.42. The van der Waals surface area contributed by atoms with E-state index in [1.54, 1.807) is 0 Å². The van der Waals surface area contributed by atoms with Gasteiger partial charge in [0.15, 0.2) is 0 Å². The molecule has 8 heteroatoms. The first-order valence-corrected chi connectivity index (χ1v) is 8.78. The molecule has 2 aromatic carbocycles. The summed E-state index contributed by atoms with van der Waals surface area (Å²) in [4.78, 5) is 30.9. The lowest BCUT2D eigenvalue weighted by atomic mass is 10.3. The molecular weight excluding hydrogens is 368 g/mol. The Labute approximate surface area is 162 Å². The molecule has 2 rings (SSSR count). The van der Waals surface area contributed by atoms with Gasteiger partial charge in [0.05, 0.1) is 26.4 Å². The lowest BCUT2D eigenvalue weighted by Crippen LogP contribution is -2.16. The average molecular weight is 390 g/mol. The van der Waals surface area contributed by atoms with Crippen LogP contribution in [0.2, 0.25) is 0 Å². The van der Waals surface area contributed by atoms with Crippen molar-refractivity contribution < 1.29 is 38.3 Å². The van der Waals surface area contributed by atoms with Gasteiger partial charge in [0, 0.05) is 12.8 Å². The molecule has 0 aliphatic heterocycles. The predicted octanol–water partition coefficient (Wildman–Crippen LogP) is 4.15. The maximum atomic E-state index is 11.3. The standard InChI is InChI=1S/C20H22O8/c21-19(25-15-7-13-23-17-9-3-1-4-10-17)27-28-20(22)26-16-8-14-24-18-11-5-2-6-12-18/h1-6,9-12H,7-8,13-16H2. The van der Waals surface area contributed by atoms with E-state index < -0.39 is 12.3 Å². The van der Waals surface area contributed by atoms with Gasteiger partial charge in [0.2, 0.25) is 0 Å². The first-order chi connectivity index (χ1) is 13.7. The molecule has 8 nitrogen and oxygen atoms in total. The lowest BCUT2D eigenvalue weighted by Gasteiger charge is -2.07. The van der Waals surface area contributed by atoms with E-state index in [4.69, 9.17) is 18.9 Å². The molecule has 2 aromatic rings. The van der Waals surface area contributed by atoms with Crippen LogP contribution >= 0.6 is 0 Å². The van der Waals surface area contributed by atoms with Gasteiger partial charge in [0.25, 0.3) is 0 Å². The Bertz CT molecular complexity index is 628. The number of benzene rings is 2. The normalized spacial score (nSPS) is 9.86. The van der Waals surface area contributed by atoms with Crippen LogP contribution in [0.4, 0.5) is 9.59 Å². The molecule has 0 heterocycles. The summed E-state index contributed by atoms with van der Waals surface area (Å²) in [6.45, 7) is 0.846. The minimum absolute atomic E-state index is 0.0564. The number of hydrogen-bond acceptors (Lipinski definition) is 8. The number of hydrogen-bond donors (Lipinski definition) is 0. The number of rotatable bonds is 10. The lowest BCUT2D eigenvalue weighted by molar-refractivity contribution is -0.218. The monoisotopic (exact) mass is 390 g/mol. The molecule has 0 radical (unpaired) electrons. The van der Waals surface area contributed by atoms with Gasteiger partial charge in [-0.25, -0.2) is 0 Å². The Morgan fingerprint density at radius 1 is 0.571 bits per heavy atom. The van der Waals surface area contributed by atoms with E-state index in [9.17, 15) is 9.59 Å². The fourth-order valence-corrected chi connectivity index (χ4v) is 1.96. The second kappa shape index (κ2) is 12.9. The molecular formula is C20H22O8. The van der Waals surface area contributed by atoms with E-state index in [0.29, 0.717) is 26.1 Å². The van der Waals surface area contributed by atoms with Crippen molar-refractivity contribution >= 4 is 12.3 Å². The van der Waals surface area contributed by atoms with Gasteiger partial charge in [-0.15, -0.1) is 0 Å². The molecule has 0 aromatic heterocycles. The molecule has 0 spiro atoms. The Morgan fingerprint density at radius 3 is 1.36 bits per heavy atom. The van der Waals surface area contributed by atoms with Crippen LogP contribution in [0.3, 0.4) is 0 Å². The summed E-state index contributed by atoms with van der Waals surface area (Å²) in [6, 6.07) is 18.5. The molecule has 0 saturated carbocycles. The number of carbonyl (C=O) groups excluding carboxylic acids is 2. The highest BCUT2D eigenvalue weighted by atomic mass is 17.3. The van der Waals surface area contributed by atoms with Crippen molar-refractivity contribution in [2.24, 2.45) is 0 Å². The largest absolute Gasteiger partial charge is 0.549 e. The highest BCUT2D eigenvalue weighted by Gasteiger charge is 2.11. The summed E-state index contributed by atoms with van der Waals surface area (Å²) in [7, 11) is 0. The summed E-state index contributed by atoms with van der Waals surface area (Å²) in [5, 5.41) is 0. The highest BCUT2D eigenvalue weighted by Crippen LogP contribution is 2.09. The SMILES string of the molecule is O=C(OCCCOc1ccccc1)OOC(=O)OCCCOc1ccccc1. The Kier molecular flexibility index (Phi) is 9.59. The first-order valence-electron chi connectivity index (χ1n) is 8.78. The number of para-hydroxylation sites is 2. The zero-order chi connectivity index (χ0) is 19.9. The molecule has 0 fully saturated rings. The third-order valence-electron chi connectivity index (χ3n) is 3.22. The second-order valence-corrected chi connectivity index (χ2v) is 5.39. The van der Waals surface area contributed by atoms with Crippen LogP contribution in [0, 0.1) is 0 Å². The molecule has 0 unspecified atom stereocenters. The van der Waals surface area contributed by atoms with Gasteiger partial charge < -0.3 is 18.9 Å². The van der Waals surface area contributed by atoms with Crippen LogP contribution in [-0.2, 0) is 19.2 Å². The summed E-state index contributed by atoms with van der Waals surface area (Å²) in [5.74, 6) is 1.45. The number of carbonyl (C=O) groups is 2. The maximum absolute atomic E-state index is 11.3. The van der Waals surface area contributed by atoms with Crippen LogP contribution in [0.1, 0.15) is 12.8 Å². The van der Waals surface area contributed by atoms with Gasteiger partial charge >= 0.3 is 12.3 Å². The van der Waals surface area contributed by atoms with Crippen molar-refractivity contribution in [3.8, 4) is 11.5 Å². The zero-order valence-corrected chi connectivity index (χ0v) is 15.3. The molecule has 0 amide bonds. The quantitative estimate of drug-likeness (QED) is 0.259. The van der Waals surface area contributed by atoms with E-state index in [1.807, 2.05) is 60.7 Å². The summed E-state index contributed by atoms with van der Waals surface area (Å²) in [5.41, 5.74) is 0.